The number of aliphatic carboxylic acids is 1. The predicted octanol–water partition coefficient (Wildman–Crippen LogP) is 4.32. The first-order valence-corrected chi connectivity index (χ1v) is 11.7. The first-order valence-electron chi connectivity index (χ1n) is 11.7. The van der Waals surface area contributed by atoms with E-state index < -0.39 is 5.97 Å². The third kappa shape index (κ3) is 3.97. The highest BCUT2D eigenvalue weighted by Gasteiger charge is 2.24. The molecule has 0 bridgehead atoms. The van der Waals surface area contributed by atoms with E-state index in [1.165, 1.54) is 4.57 Å². The van der Waals surface area contributed by atoms with Crippen molar-refractivity contribution >= 4 is 16.9 Å². The van der Waals surface area contributed by atoms with Gasteiger partial charge in [-0.1, -0.05) is 18.2 Å². The number of aromatic nitrogens is 2. The van der Waals surface area contributed by atoms with Gasteiger partial charge in [0.15, 0.2) is 0 Å². The fourth-order valence-electron chi connectivity index (χ4n) is 5.11. The van der Waals surface area contributed by atoms with Crippen LogP contribution in [0.1, 0.15) is 28.8 Å². The normalized spacial score (nSPS) is 12.9. The first-order chi connectivity index (χ1) is 16.9. The van der Waals surface area contributed by atoms with Crippen molar-refractivity contribution in [2.75, 3.05) is 13.7 Å². The molecule has 0 saturated carbocycles. The summed E-state index contributed by atoms with van der Waals surface area (Å²) in [4.78, 5) is 25.3. The van der Waals surface area contributed by atoms with Crippen molar-refractivity contribution in [1.29, 1.82) is 0 Å². The van der Waals surface area contributed by atoms with Gasteiger partial charge in [-0.25, -0.2) is 0 Å². The zero-order chi connectivity index (χ0) is 24.7. The van der Waals surface area contributed by atoms with Crippen molar-refractivity contribution in [3.63, 3.8) is 0 Å². The molecule has 1 aliphatic heterocycles. The second-order valence-corrected chi connectivity index (χ2v) is 8.98. The highest BCUT2D eigenvalue weighted by atomic mass is 16.5. The lowest BCUT2D eigenvalue weighted by molar-refractivity contribution is -0.136. The lowest BCUT2D eigenvalue weighted by Gasteiger charge is -2.23. The zero-order valence-electron chi connectivity index (χ0n) is 20.1. The fraction of sp³-hybridized carbons (Fsp3) is 0.286. The van der Waals surface area contributed by atoms with Crippen LogP contribution in [0.25, 0.3) is 22.0 Å². The molecule has 0 spiro atoms. The maximum absolute atomic E-state index is 13.5. The minimum atomic E-state index is -0.975. The number of nitrogens with zero attached hydrogens (tertiary/aromatic N) is 2. The maximum Gasteiger partial charge on any atom is 0.309 e. The summed E-state index contributed by atoms with van der Waals surface area (Å²) in [6.45, 7) is 3.27. The summed E-state index contributed by atoms with van der Waals surface area (Å²) in [5, 5.41) is 10.4. The van der Waals surface area contributed by atoms with E-state index in [0.717, 1.165) is 57.5 Å². The highest BCUT2D eigenvalue weighted by molar-refractivity contribution is 5.98. The SMILES string of the molecule is COc1ccc(Cn2ccc3c(-c4ccc5c(c4C)CCCO5)c(CC(=O)O)n(C)c(=O)c32)cc1. The third-order valence-electron chi connectivity index (χ3n) is 6.92. The van der Waals surface area contributed by atoms with Crippen LogP contribution in [0.2, 0.25) is 0 Å². The maximum atomic E-state index is 13.5. The third-order valence-corrected chi connectivity index (χ3v) is 6.92. The average Bonchev–Trinajstić information content (AvgIpc) is 3.27. The summed E-state index contributed by atoms with van der Waals surface area (Å²) in [7, 11) is 3.29. The number of carbonyl (C=O) groups is 1. The Morgan fingerprint density at radius 2 is 1.91 bits per heavy atom. The van der Waals surface area contributed by atoms with Gasteiger partial charge in [0.1, 0.15) is 17.0 Å². The van der Waals surface area contributed by atoms with Crippen molar-refractivity contribution in [1.82, 2.24) is 9.13 Å². The fourth-order valence-corrected chi connectivity index (χ4v) is 5.11. The second-order valence-electron chi connectivity index (χ2n) is 8.98. The van der Waals surface area contributed by atoms with Crippen molar-refractivity contribution in [2.24, 2.45) is 7.05 Å². The van der Waals surface area contributed by atoms with Crippen LogP contribution in [0.3, 0.4) is 0 Å². The molecule has 180 valence electrons. The van der Waals surface area contributed by atoms with Crippen LogP contribution in [0.15, 0.2) is 53.5 Å². The molecule has 3 heterocycles. The van der Waals surface area contributed by atoms with Gasteiger partial charge < -0.3 is 23.7 Å². The van der Waals surface area contributed by atoms with E-state index >= 15 is 0 Å². The molecule has 0 fully saturated rings. The van der Waals surface area contributed by atoms with Crippen molar-refractivity contribution in [3.05, 3.63) is 81.4 Å². The van der Waals surface area contributed by atoms with Gasteiger partial charge in [-0.2, -0.15) is 0 Å². The lowest BCUT2D eigenvalue weighted by atomic mass is 9.89. The van der Waals surface area contributed by atoms with Gasteiger partial charge in [-0.3, -0.25) is 9.59 Å². The Morgan fingerprint density at radius 1 is 1.14 bits per heavy atom. The van der Waals surface area contributed by atoms with Crippen LogP contribution in [0.5, 0.6) is 11.5 Å². The quantitative estimate of drug-likeness (QED) is 0.452. The number of ether oxygens (including phenoxy) is 2. The number of hydrogen-bond acceptors (Lipinski definition) is 4. The molecular weight excluding hydrogens is 444 g/mol. The summed E-state index contributed by atoms with van der Waals surface area (Å²) in [5.41, 5.74) is 5.82. The Kier molecular flexibility index (Phi) is 5.84. The molecule has 0 saturated heterocycles. The molecule has 0 unspecified atom stereocenters. The first kappa shape index (κ1) is 22.8. The summed E-state index contributed by atoms with van der Waals surface area (Å²) in [6.07, 6.45) is 3.52. The van der Waals surface area contributed by atoms with Crippen LogP contribution in [-0.2, 0) is 31.2 Å². The number of benzene rings is 2. The smallest absolute Gasteiger partial charge is 0.309 e. The standard InChI is InChI=1S/C28H28N2O5/c1-17-20-5-4-14-35-24(20)11-10-21(17)26-22-12-13-30(16-18-6-8-19(34-3)9-7-18)27(22)28(33)29(2)23(26)15-25(31)32/h6-13H,4-5,14-16H2,1-3H3,(H,31,32). The van der Waals surface area contributed by atoms with Crippen molar-refractivity contribution < 1.29 is 19.4 Å². The monoisotopic (exact) mass is 472 g/mol. The molecule has 1 aliphatic rings. The van der Waals surface area contributed by atoms with Crippen LogP contribution in [-0.4, -0.2) is 33.9 Å². The Bertz CT molecular complexity index is 1500. The van der Waals surface area contributed by atoms with E-state index in [4.69, 9.17) is 9.47 Å². The van der Waals surface area contributed by atoms with Gasteiger partial charge in [-0.15, -0.1) is 0 Å². The second kappa shape index (κ2) is 8.98. The molecule has 0 amide bonds. The lowest BCUT2D eigenvalue weighted by Crippen LogP contribution is -2.25. The molecule has 2 aromatic heterocycles. The van der Waals surface area contributed by atoms with E-state index in [2.05, 4.69) is 6.92 Å². The number of hydrogen-bond donors (Lipinski definition) is 1. The molecule has 7 heteroatoms. The number of fused-ring (bicyclic) bond motifs is 2. The summed E-state index contributed by atoms with van der Waals surface area (Å²) >= 11 is 0. The Morgan fingerprint density at radius 3 is 2.63 bits per heavy atom. The van der Waals surface area contributed by atoms with Crippen LogP contribution < -0.4 is 15.0 Å². The Balaban J connectivity index is 1.74. The molecule has 0 aliphatic carbocycles. The molecule has 0 radical (unpaired) electrons. The summed E-state index contributed by atoms with van der Waals surface area (Å²) in [5.74, 6) is 0.683. The van der Waals surface area contributed by atoms with E-state index in [1.807, 2.05) is 53.2 Å². The van der Waals surface area contributed by atoms with Crippen LogP contribution >= 0.6 is 0 Å². The zero-order valence-corrected chi connectivity index (χ0v) is 20.1. The van der Waals surface area contributed by atoms with Gasteiger partial charge in [0, 0.05) is 36.4 Å². The average molecular weight is 473 g/mol. The molecule has 4 aromatic rings. The largest absolute Gasteiger partial charge is 0.497 e. The van der Waals surface area contributed by atoms with E-state index in [0.29, 0.717) is 24.4 Å². The van der Waals surface area contributed by atoms with Gasteiger partial charge >= 0.3 is 5.97 Å². The van der Waals surface area contributed by atoms with E-state index in [1.54, 1.807) is 14.2 Å². The number of pyridine rings is 1. The molecule has 35 heavy (non-hydrogen) atoms. The van der Waals surface area contributed by atoms with Gasteiger partial charge in [0.25, 0.3) is 5.56 Å². The summed E-state index contributed by atoms with van der Waals surface area (Å²) < 4.78 is 14.5. The molecule has 1 N–H and O–H groups in total. The molecule has 7 nitrogen and oxygen atoms in total. The minimum absolute atomic E-state index is 0.211. The number of rotatable bonds is 6. The van der Waals surface area contributed by atoms with Crippen LogP contribution in [0.4, 0.5) is 0 Å². The Labute approximate surface area is 203 Å². The number of carboxylic acids is 1. The number of methoxy groups -OCH3 is 1. The predicted molar refractivity (Wildman–Crippen MR) is 135 cm³/mol. The van der Waals surface area contributed by atoms with Gasteiger partial charge in [-0.05, 0) is 66.3 Å². The Hall–Kier alpha value is -4.00. The van der Waals surface area contributed by atoms with E-state index in [9.17, 15) is 14.7 Å². The van der Waals surface area contributed by atoms with Crippen molar-refractivity contribution in [3.8, 4) is 22.6 Å². The minimum Gasteiger partial charge on any atom is -0.497 e. The molecule has 2 aromatic carbocycles. The number of carboxylic acid groups (broad SMARTS) is 1. The highest BCUT2D eigenvalue weighted by Crippen LogP contribution is 2.39. The molecule has 0 atom stereocenters. The van der Waals surface area contributed by atoms with E-state index in [-0.39, 0.29) is 12.0 Å². The summed E-state index contributed by atoms with van der Waals surface area (Å²) in [6, 6.07) is 13.6. The topological polar surface area (TPSA) is 82.7 Å². The van der Waals surface area contributed by atoms with Gasteiger partial charge in [0.2, 0.25) is 0 Å². The van der Waals surface area contributed by atoms with Gasteiger partial charge in [0.05, 0.1) is 20.1 Å². The van der Waals surface area contributed by atoms with Crippen molar-refractivity contribution in [2.45, 2.75) is 32.7 Å². The van der Waals surface area contributed by atoms with Crippen LogP contribution in [0, 0.1) is 6.92 Å². The molecular formula is C28H28N2O5. The molecule has 5 rings (SSSR count).